The maximum absolute atomic E-state index is 11.3. The number of nitrogens with two attached hydrogens (primary N) is 1. The molecule has 0 unspecified atom stereocenters. The molecule has 0 fully saturated rings. The number of hydrogen-bond acceptors (Lipinski definition) is 5. The van der Waals surface area contributed by atoms with Crippen LogP contribution < -0.4 is 10.7 Å². The summed E-state index contributed by atoms with van der Waals surface area (Å²) < 4.78 is 24.0. The summed E-state index contributed by atoms with van der Waals surface area (Å²) in [6.45, 7) is 2.05. The largest absolute Gasteiger partial charge is 0.329 e. The number of rotatable bonds is 3. The fourth-order valence-corrected chi connectivity index (χ4v) is 2.26. The maximum Gasteiger partial charge on any atom is 0.273 e. The third-order valence-corrected chi connectivity index (χ3v) is 3.13. The van der Waals surface area contributed by atoms with E-state index in [2.05, 4.69) is 15.2 Å². The second kappa shape index (κ2) is 4.35. The predicted octanol–water partition coefficient (Wildman–Crippen LogP) is -0.699. The molecule has 0 amide bonds. The van der Waals surface area contributed by atoms with Crippen molar-refractivity contribution in [3.05, 3.63) is 28.7 Å². The summed E-state index contributed by atoms with van der Waals surface area (Å²) in [5, 5.41) is 12.0. The van der Waals surface area contributed by atoms with Gasteiger partial charge in [0, 0.05) is 24.4 Å². The molecule has 2 aromatic heterocycles. The Kier molecular flexibility index (Phi) is 3.01. The summed E-state index contributed by atoms with van der Waals surface area (Å²) in [6.07, 6.45) is 1.45. The highest BCUT2D eigenvalue weighted by Gasteiger charge is 2.20. The summed E-state index contributed by atoms with van der Waals surface area (Å²) in [5.74, 6) is 0.285. The van der Waals surface area contributed by atoms with Gasteiger partial charge < -0.3 is 4.98 Å². The fraction of sp³-hybridized carbons (Fsp3) is 0.222. The van der Waals surface area contributed by atoms with E-state index < -0.39 is 10.0 Å². The van der Waals surface area contributed by atoms with Crippen LogP contribution in [0.2, 0.25) is 0 Å². The van der Waals surface area contributed by atoms with Crippen LogP contribution in [0.1, 0.15) is 6.92 Å². The van der Waals surface area contributed by atoms with E-state index in [9.17, 15) is 13.2 Å². The molecule has 0 aliphatic rings. The van der Waals surface area contributed by atoms with Crippen molar-refractivity contribution in [1.29, 1.82) is 0 Å². The second-order valence-electron chi connectivity index (χ2n) is 3.54. The Balaban J connectivity index is 2.67. The standard InChI is InChI=1S/C9H11N5O3S/c1-2-14-8(6-3-4-11-7(15)5-6)12-13-9(14)18(10,16)17/h3-5H,2H2,1H3,(H,11,15)(H2,10,16,17). The van der Waals surface area contributed by atoms with Gasteiger partial charge in [-0.05, 0) is 13.0 Å². The quantitative estimate of drug-likeness (QED) is 0.762. The number of primary sulfonamides is 1. The van der Waals surface area contributed by atoms with E-state index in [4.69, 9.17) is 5.14 Å². The molecule has 8 nitrogen and oxygen atoms in total. The number of sulfonamides is 1. The number of nitrogens with one attached hydrogen (secondary N) is 1. The van der Waals surface area contributed by atoms with Crippen LogP contribution in [-0.4, -0.2) is 28.2 Å². The Morgan fingerprint density at radius 1 is 1.44 bits per heavy atom. The number of nitrogens with zero attached hydrogens (tertiary/aromatic N) is 3. The number of aromatic amines is 1. The molecule has 0 spiro atoms. The van der Waals surface area contributed by atoms with Crippen molar-refractivity contribution >= 4 is 10.0 Å². The molecule has 0 aromatic carbocycles. The molecule has 0 aliphatic heterocycles. The second-order valence-corrected chi connectivity index (χ2v) is 4.99. The van der Waals surface area contributed by atoms with Crippen LogP contribution in [-0.2, 0) is 16.6 Å². The number of H-pyrrole nitrogens is 1. The number of aromatic nitrogens is 4. The number of pyridine rings is 1. The normalized spacial score (nSPS) is 11.7. The van der Waals surface area contributed by atoms with Crippen LogP contribution in [0.4, 0.5) is 0 Å². The van der Waals surface area contributed by atoms with E-state index in [0.717, 1.165) is 0 Å². The molecule has 0 saturated carbocycles. The highest BCUT2D eigenvalue weighted by Crippen LogP contribution is 2.17. The van der Waals surface area contributed by atoms with Gasteiger partial charge in [-0.3, -0.25) is 9.36 Å². The van der Waals surface area contributed by atoms with Crippen molar-refractivity contribution < 1.29 is 8.42 Å². The number of hydrogen-bond donors (Lipinski definition) is 2. The summed E-state index contributed by atoms with van der Waals surface area (Å²) >= 11 is 0. The van der Waals surface area contributed by atoms with Gasteiger partial charge in [0.1, 0.15) is 0 Å². The summed E-state index contributed by atoms with van der Waals surface area (Å²) in [5.41, 5.74) is 0.165. The third kappa shape index (κ3) is 2.17. The molecule has 2 rings (SSSR count). The molecule has 0 aliphatic carbocycles. The van der Waals surface area contributed by atoms with Crippen LogP contribution in [0.15, 0.2) is 28.3 Å². The van der Waals surface area contributed by atoms with Gasteiger partial charge in [-0.2, -0.15) is 0 Å². The lowest BCUT2D eigenvalue weighted by Gasteiger charge is -2.05. The highest BCUT2D eigenvalue weighted by molar-refractivity contribution is 7.89. The minimum atomic E-state index is -3.94. The van der Waals surface area contributed by atoms with Crippen molar-refractivity contribution in [3.63, 3.8) is 0 Å². The van der Waals surface area contributed by atoms with Crippen molar-refractivity contribution in [2.75, 3.05) is 0 Å². The van der Waals surface area contributed by atoms with Gasteiger partial charge in [-0.25, -0.2) is 13.6 Å². The lowest BCUT2D eigenvalue weighted by atomic mass is 10.2. The molecule has 18 heavy (non-hydrogen) atoms. The molecule has 9 heteroatoms. The molecule has 3 N–H and O–H groups in total. The smallest absolute Gasteiger partial charge is 0.273 e. The first-order chi connectivity index (χ1) is 8.43. The fourth-order valence-electron chi connectivity index (χ4n) is 1.58. The molecule has 0 saturated heterocycles. The Hall–Kier alpha value is -2.00. The molecule has 0 radical (unpaired) electrons. The highest BCUT2D eigenvalue weighted by atomic mass is 32.2. The van der Waals surface area contributed by atoms with Crippen LogP contribution in [0.3, 0.4) is 0 Å². The van der Waals surface area contributed by atoms with Crippen LogP contribution in [0.5, 0.6) is 0 Å². The molecule has 2 aromatic rings. The van der Waals surface area contributed by atoms with E-state index in [1.807, 2.05) is 0 Å². The monoisotopic (exact) mass is 269 g/mol. The SMILES string of the molecule is CCn1c(-c2cc[nH]c(=O)c2)nnc1S(N)(=O)=O. The molecular weight excluding hydrogens is 258 g/mol. The summed E-state index contributed by atoms with van der Waals surface area (Å²) in [6, 6.07) is 2.91. The first-order valence-corrected chi connectivity index (χ1v) is 6.63. The minimum absolute atomic E-state index is 0.285. The molecular formula is C9H11N5O3S. The topological polar surface area (TPSA) is 124 Å². The zero-order chi connectivity index (χ0) is 13.3. The minimum Gasteiger partial charge on any atom is -0.329 e. The van der Waals surface area contributed by atoms with Crippen LogP contribution in [0, 0.1) is 0 Å². The van der Waals surface area contributed by atoms with Crippen molar-refractivity contribution in [3.8, 4) is 11.4 Å². The molecule has 2 heterocycles. The van der Waals surface area contributed by atoms with Gasteiger partial charge in [-0.15, -0.1) is 10.2 Å². The first kappa shape index (κ1) is 12.5. The average Bonchev–Trinajstić information content (AvgIpc) is 2.72. The van der Waals surface area contributed by atoms with Gasteiger partial charge in [0.05, 0.1) is 0 Å². The Morgan fingerprint density at radius 2 is 2.17 bits per heavy atom. The molecule has 0 atom stereocenters. The van der Waals surface area contributed by atoms with Crippen molar-refractivity contribution in [2.24, 2.45) is 5.14 Å². The van der Waals surface area contributed by atoms with E-state index in [1.165, 1.54) is 16.8 Å². The van der Waals surface area contributed by atoms with Gasteiger partial charge in [0.2, 0.25) is 5.56 Å². The lowest BCUT2D eigenvalue weighted by Crippen LogP contribution is -2.18. The van der Waals surface area contributed by atoms with Gasteiger partial charge in [0.25, 0.3) is 15.2 Å². The lowest BCUT2D eigenvalue weighted by molar-refractivity contribution is 0.571. The van der Waals surface area contributed by atoms with E-state index in [-0.39, 0.29) is 16.5 Å². The Bertz CT molecular complexity index is 731. The van der Waals surface area contributed by atoms with E-state index in [0.29, 0.717) is 12.1 Å². The Labute approximate surface area is 103 Å². The Morgan fingerprint density at radius 3 is 2.72 bits per heavy atom. The van der Waals surface area contributed by atoms with Gasteiger partial charge in [-0.1, -0.05) is 0 Å². The first-order valence-electron chi connectivity index (χ1n) is 5.08. The van der Waals surface area contributed by atoms with Gasteiger partial charge in [0.15, 0.2) is 5.82 Å². The average molecular weight is 269 g/mol. The van der Waals surface area contributed by atoms with Crippen molar-refractivity contribution in [1.82, 2.24) is 19.7 Å². The molecule has 96 valence electrons. The van der Waals surface area contributed by atoms with E-state index >= 15 is 0 Å². The van der Waals surface area contributed by atoms with Gasteiger partial charge >= 0.3 is 0 Å². The zero-order valence-electron chi connectivity index (χ0n) is 9.49. The molecule has 0 bridgehead atoms. The predicted molar refractivity (Wildman–Crippen MR) is 63.1 cm³/mol. The summed E-state index contributed by atoms with van der Waals surface area (Å²) in [4.78, 5) is 13.7. The zero-order valence-corrected chi connectivity index (χ0v) is 10.3. The third-order valence-electron chi connectivity index (χ3n) is 2.32. The van der Waals surface area contributed by atoms with Crippen molar-refractivity contribution in [2.45, 2.75) is 18.6 Å². The van der Waals surface area contributed by atoms with Crippen LogP contribution >= 0.6 is 0 Å². The summed E-state index contributed by atoms with van der Waals surface area (Å²) in [7, 11) is -3.94. The van der Waals surface area contributed by atoms with Crippen LogP contribution in [0.25, 0.3) is 11.4 Å². The maximum atomic E-state index is 11.3. The van der Waals surface area contributed by atoms with E-state index in [1.54, 1.807) is 13.0 Å².